The maximum absolute atomic E-state index is 12.8. The summed E-state index contributed by atoms with van der Waals surface area (Å²) in [6, 6.07) is 11.5. The lowest BCUT2D eigenvalue weighted by Gasteiger charge is -2.26. The van der Waals surface area contributed by atoms with Gasteiger partial charge in [0.2, 0.25) is 10.0 Å². The normalized spacial score (nSPS) is 15.3. The van der Waals surface area contributed by atoms with Crippen LogP contribution in [0.1, 0.15) is 0 Å². The zero-order valence-electron chi connectivity index (χ0n) is 14.1. The Hall–Kier alpha value is -1.42. The molecule has 0 amide bonds. The number of thiocarbonyl (C=S) groups is 1. The van der Waals surface area contributed by atoms with E-state index in [1.807, 2.05) is 0 Å². The molecule has 1 aliphatic rings. The van der Waals surface area contributed by atoms with Crippen molar-refractivity contribution in [2.45, 2.75) is 4.90 Å². The molecular weight excluding hydrogens is 429 g/mol. The topological polar surface area (TPSA) is 70.7 Å². The van der Waals surface area contributed by atoms with Gasteiger partial charge in [-0.2, -0.15) is 4.31 Å². The van der Waals surface area contributed by atoms with Crippen molar-refractivity contribution < 1.29 is 13.2 Å². The molecule has 27 heavy (non-hydrogen) atoms. The first-order valence-electron chi connectivity index (χ1n) is 8.07. The van der Waals surface area contributed by atoms with E-state index in [2.05, 4.69) is 10.6 Å². The van der Waals surface area contributed by atoms with Crippen LogP contribution in [-0.4, -0.2) is 44.1 Å². The van der Waals surface area contributed by atoms with Crippen LogP contribution < -0.4 is 10.6 Å². The Bertz CT molecular complexity index is 928. The minimum atomic E-state index is -3.58. The van der Waals surface area contributed by atoms with Gasteiger partial charge in [-0.05, 0) is 48.6 Å². The van der Waals surface area contributed by atoms with Crippen molar-refractivity contribution in [3.8, 4) is 0 Å². The van der Waals surface area contributed by atoms with Gasteiger partial charge in [-0.25, -0.2) is 8.42 Å². The average molecular weight is 446 g/mol. The standard InChI is InChI=1S/C17H17Cl2N3O3S2/c18-12-8-13(19)10-15(9-12)21-17(26)20-14-2-1-3-16(11-14)27(23,24)22-4-6-25-7-5-22/h1-3,8-11H,4-7H2,(H2,20,21,26). The fraction of sp³-hybridized carbons (Fsp3) is 0.235. The van der Waals surface area contributed by atoms with Crippen molar-refractivity contribution in [3.05, 3.63) is 52.5 Å². The Morgan fingerprint density at radius 3 is 2.30 bits per heavy atom. The quantitative estimate of drug-likeness (QED) is 0.696. The van der Waals surface area contributed by atoms with Gasteiger partial charge in [0.25, 0.3) is 0 Å². The first-order valence-corrected chi connectivity index (χ1v) is 10.7. The lowest BCUT2D eigenvalue weighted by atomic mass is 10.3. The lowest BCUT2D eigenvalue weighted by Crippen LogP contribution is -2.40. The third kappa shape index (κ3) is 5.31. The molecule has 2 aromatic rings. The summed E-state index contributed by atoms with van der Waals surface area (Å²) in [6.07, 6.45) is 0. The van der Waals surface area contributed by atoms with Gasteiger partial charge >= 0.3 is 0 Å². The maximum atomic E-state index is 12.8. The Morgan fingerprint density at radius 2 is 1.63 bits per heavy atom. The highest BCUT2D eigenvalue weighted by atomic mass is 35.5. The van der Waals surface area contributed by atoms with E-state index < -0.39 is 10.0 Å². The average Bonchev–Trinajstić information content (AvgIpc) is 2.61. The van der Waals surface area contributed by atoms with Crippen molar-refractivity contribution in [1.29, 1.82) is 0 Å². The number of ether oxygens (including phenoxy) is 1. The fourth-order valence-electron chi connectivity index (χ4n) is 2.59. The van der Waals surface area contributed by atoms with E-state index in [9.17, 15) is 8.42 Å². The summed E-state index contributed by atoms with van der Waals surface area (Å²) in [4.78, 5) is 0.197. The van der Waals surface area contributed by atoms with E-state index in [0.29, 0.717) is 47.7 Å². The van der Waals surface area contributed by atoms with Gasteiger partial charge in [0.05, 0.1) is 18.1 Å². The summed E-state index contributed by atoms with van der Waals surface area (Å²) < 4.78 is 32.1. The van der Waals surface area contributed by atoms with E-state index in [4.69, 9.17) is 40.2 Å². The smallest absolute Gasteiger partial charge is 0.243 e. The molecule has 1 aliphatic heterocycles. The number of hydrogen-bond donors (Lipinski definition) is 2. The summed E-state index contributed by atoms with van der Waals surface area (Å²) in [5, 5.41) is 7.18. The first kappa shape index (κ1) is 20.3. The van der Waals surface area contributed by atoms with E-state index in [-0.39, 0.29) is 10.0 Å². The summed E-state index contributed by atoms with van der Waals surface area (Å²) in [5.74, 6) is 0. The number of anilines is 2. The van der Waals surface area contributed by atoms with Crippen LogP contribution in [-0.2, 0) is 14.8 Å². The molecule has 1 saturated heterocycles. The van der Waals surface area contributed by atoms with Gasteiger partial charge in [-0.3, -0.25) is 0 Å². The molecule has 0 radical (unpaired) electrons. The van der Waals surface area contributed by atoms with Gasteiger partial charge in [0.1, 0.15) is 0 Å². The molecule has 6 nitrogen and oxygen atoms in total. The third-order valence-corrected chi connectivity index (χ3v) is 6.36. The molecule has 0 atom stereocenters. The van der Waals surface area contributed by atoms with Gasteiger partial charge in [0.15, 0.2) is 5.11 Å². The minimum Gasteiger partial charge on any atom is -0.379 e. The van der Waals surface area contributed by atoms with E-state index in [1.165, 1.54) is 4.31 Å². The highest BCUT2D eigenvalue weighted by Gasteiger charge is 2.26. The molecule has 2 aromatic carbocycles. The molecule has 0 aliphatic carbocycles. The Labute approximate surface area is 173 Å². The molecule has 0 aromatic heterocycles. The third-order valence-electron chi connectivity index (χ3n) is 3.82. The van der Waals surface area contributed by atoms with Gasteiger partial charge in [0, 0.05) is 34.5 Å². The number of benzene rings is 2. The maximum Gasteiger partial charge on any atom is 0.243 e. The number of halogens is 2. The molecule has 0 saturated carbocycles. The fourth-order valence-corrected chi connectivity index (χ4v) is 4.81. The molecule has 3 rings (SSSR count). The van der Waals surface area contributed by atoms with Gasteiger partial charge in [-0.15, -0.1) is 0 Å². The number of morpholine rings is 1. The second-order valence-corrected chi connectivity index (χ2v) is 9.00. The molecule has 0 spiro atoms. The number of nitrogens with zero attached hydrogens (tertiary/aromatic N) is 1. The summed E-state index contributed by atoms with van der Waals surface area (Å²) >= 11 is 17.2. The second kappa shape index (κ2) is 8.72. The van der Waals surface area contributed by atoms with E-state index in [0.717, 1.165) is 0 Å². The molecule has 10 heteroatoms. The molecule has 0 unspecified atom stereocenters. The predicted octanol–water partition coefficient (Wildman–Crippen LogP) is 3.82. The van der Waals surface area contributed by atoms with Crippen LogP contribution >= 0.6 is 35.4 Å². The monoisotopic (exact) mass is 445 g/mol. The van der Waals surface area contributed by atoms with Crippen molar-refractivity contribution in [2.24, 2.45) is 0 Å². The number of nitrogens with one attached hydrogen (secondary N) is 2. The van der Waals surface area contributed by atoms with Crippen LogP contribution in [0.2, 0.25) is 10.0 Å². The minimum absolute atomic E-state index is 0.197. The highest BCUT2D eigenvalue weighted by molar-refractivity contribution is 7.89. The highest BCUT2D eigenvalue weighted by Crippen LogP contribution is 2.23. The Balaban J connectivity index is 1.72. The lowest BCUT2D eigenvalue weighted by molar-refractivity contribution is 0.0730. The van der Waals surface area contributed by atoms with E-state index >= 15 is 0 Å². The van der Waals surface area contributed by atoms with Crippen molar-refractivity contribution in [2.75, 3.05) is 36.9 Å². The molecular formula is C17H17Cl2N3O3S2. The summed E-state index contributed by atoms with van der Waals surface area (Å²) in [7, 11) is -3.58. The number of sulfonamides is 1. The van der Waals surface area contributed by atoms with Crippen LogP contribution in [0, 0.1) is 0 Å². The van der Waals surface area contributed by atoms with E-state index in [1.54, 1.807) is 42.5 Å². The molecule has 1 fully saturated rings. The molecule has 0 bridgehead atoms. The second-order valence-electron chi connectivity index (χ2n) is 5.78. The summed E-state index contributed by atoms with van der Waals surface area (Å²) in [5.41, 5.74) is 1.18. The zero-order valence-corrected chi connectivity index (χ0v) is 17.3. The molecule has 144 valence electrons. The van der Waals surface area contributed by atoms with Crippen molar-refractivity contribution in [3.63, 3.8) is 0 Å². The van der Waals surface area contributed by atoms with Crippen LogP contribution in [0.4, 0.5) is 11.4 Å². The Morgan fingerprint density at radius 1 is 1.00 bits per heavy atom. The zero-order chi connectivity index (χ0) is 19.4. The van der Waals surface area contributed by atoms with Crippen LogP contribution in [0.15, 0.2) is 47.4 Å². The Kier molecular flexibility index (Phi) is 6.56. The predicted molar refractivity (Wildman–Crippen MR) is 112 cm³/mol. The number of hydrogen-bond acceptors (Lipinski definition) is 4. The van der Waals surface area contributed by atoms with Crippen LogP contribution in [0.5, 0.6) is 0 Å². The van der Waals surface area contributed by atoms with Crippen molar-refractivity contribution in [1.82, 2.24) is 4.31 Å². The number of rotatable bonds is 4. The van der Waals surface area contributed by atoms with Gasteiger partial charge in [-0.1, -0.05) is 29.3 Å². The molecule has 1 heterocycles. The van der Waals surface area contributed by atoms with Gasteiger partial charge < -0.3 is 15.4 Å². The SMILES string of the molecule is O=S(=O)(c1cccc(NC(=S)Nc2cc(Cl)cc(Cl)c2)c1)N1CCOCC1. The molecule has 2 N–H and O–H groups in total. The largest absolute Gasteiger partial charge is 0.379 e. The first-order chi connectivity index (χ1) is 12.8. The van der Waals surface area contributed by atoms with Crippen LogP contribution in [0.25, 0.3) is 0 Å². The summed E-state index contributed by atoms with van der Waals surface area (Å²) in [6.45, 7) is 1.48. The van der Waals surface area contributed by atoms with Crippen LogP contribution in [0.3, 0.4) is 0 Å². The van der Waals surface area contributed by atoms with Crippen molar-refractivity contribution >= 4 is 61.9 Å².